The SMILES string of the molecule is CCCCNC(=O)[C@H](CC)N(Cc1cccc(OC)c1)C(=O)CN(c1ccccc1C)S(=O)(=O)c1ccccc1. The van der Waals surface area contributed by atoms with E-state index in [9.17, 15) is 18.0 Å². The monoisotopic (exact) mass is 565 g/mol. The molecule has 0 aliphatic rings. The number of hydrogen-bond acceptors (Lipinski definition) is 5. The molecule has 1 N–H and O–H groups in total. The van der Waals surface area contributed by atoms with Crippen LogP contribution in [0.25, 0.3) is 0 Å². The lowest BCUT2D eigenvalue weighted by molar-refractivity contribution is -0.140. The molecule has 3 aromatic carbocycles. The number of sulfonamides is 1. The molecule has 0 unspecified atom stereocenters. The van der Waals surface area contributed by atoms with E-state index in [0.29, 0.717) is 30.0 Å². The molecule has 0 aliphatic heterocycles. The fraction of sp³-hybridized carbons (Fsp3) is 0.355. The Labute approximate surface area is 238 Å². The van der Waals surface area contributed by atoms with E-state index in [0.717, 1.165) is 22.7 Å². The summed E-state index contributed by atoms with van der Waals surface area (Å²) in [5.74, 6) is -0.123. The predicted molar refractivity (Wildman–Crippen MR) is 158 cm³/mol. The maximum absolute atomic E-state index is 14.1. The molecule has 0 fully saturated rings. The van der Waals surface area contributed by atoms with Gasteiger partial charge < -0.3 is 15.0 Å². The van der Waals surface area contributed by atoms with Gasteiger partial charge in [-0.15, -0.1) is 0 Å². The van der Waals surface area contributed by atoms with Crippen molar-refractivity contribution in [2.24, 2.45) is 0 Å². The van der Waals surface area contributed by atoms with Gasteiger partial charge in [0.2, 0.25) is 11.8 Å². The van der Waals surface area contributed by atoms with Crippen LogP contribution in [0.2, 0.25) is 0 Å². The van der Waals surface area contributed by atoms with E-state index in [4.69, 9.17) is 4.74 Å². The zero-order valence-electron chi connectivity index (χ0n) is 23.7. The number of anilines is 1. The fourth-order valence-corrected chi connectivity index (χ4v) is 5.97. The van der Waals surface area contributed by atoms with Gasteiger partial charge in [-0.2, -0.15) is 0 Å². The summed E-state index contributed by atoms with van der Waals surface area (Å²) in [6, 6.07) is 21.6. The van der Waals surface area contributed by atoms with E-state index < -0.39 is 28.5 Å². The Morgan fingerprint density at radius 3 is 2.30 bits per heavy atom. The van der Waals surface area contributed by atoms with Gasteiger partial charge in [0.25, 0.3) is 10.0 Å². The Hall–Kier alpha value is -3.85. The molecule has 0 saturated heterocycles. The van der Waals surface area contributed by atoms with Crippen molar-refractivity contribution in [2.45, 2.75) is 57.5 Å². The highest BCUT2D eigenvalue weighted by Crippen LogP contribution is 2.27. The van der Waals surface area contributed by atoms with Gasteiger partial charge in [-0.25, -0.2) is 8.42 Å². The van der Waals surface area contributed by atoms with Crippen LogP contribution in [0.1, 0.15) is 44.2 Å². The second-order valence-electron chi connectivity index (χ2n) is 9.55. The molecule has 0 spiro atoms. The van der Waals surface area contributed by atoms with Crippen molar-refractivity contribution in [3.63, 3.8) is 0 Å². The molecule has 40 heavy (non-hydrogen) atoms. The van der Waals surface area contributed by atoms with Crippen LogP contribution < -0.4 is 14.4 Å². The van der Waals surface area contributed by atoms with Crippen molar-refractivity contribution in [2.75, 3.05) is 24.5 Å². The second kappa shape index (κ2) is 14.5. The molecule has 3 aromatic rings. The first-order valence-electron chi connectivity index (χ1n) is 13.6. The van der Waals surface area contributed by atoms with E-state index in [1.54, 1.807) is 56.5 Å². The highest BCUT2D eigenvalue weighted by atomic mass is 32.2. The molecular formula is C31H39N3O5S. The third kappa shape index (κ3) is 7.63. The summed E-state index contributed by atoms with van der Waals surface area (Å²) < 4.78 is 34.3. The Morgan fingerprint density at radius 2 is 1.65 bits per heavy atom. The van der Waals surface area contributed by atoms with Gasteiger partial charge in [-0.1, -0.05) is 68.8 Å². The summed E-state index contributed by atoms with van der Waals surface area (Å²) in [4.78, 5) is 28.9. The zero-order valence-corrected chi connectivity index (χ0v) is 24.5. The number of carbonyl (C=O) groups is 2. The van der Waals surface area contributed by atoms with E-state index in [1.165, 1.54) is 17.0 Å². The molecule has 0 radical (unpaired) electrons. The smallest absolute Gasteiger partial charge is 0.264 e. The number of methoxy groups -OCH3 is 1. The minimum Gasteiger partial charge on any atom is -0.497 e. The molecule has 8 nitrogen and oxygen atoms in total. The van der Waals surface area contributed by atoms with Gasteiger partial charge in [-0.05, 0) is 61.2 Å². The lowest BCUT2D eigenvalue weighted by Crippen LogP contribution is -2.52. The van der Waals surface area contributed by atoms with Gasteiger partial charge in [0, 0.05) is 13.1 Å². The Kier molecular flexibility index (Phi) is 11.1. The Balaban J connectivity index is 2.04. The molecule has 214 valence electrons. The number of aryl methyl sites for hydroxylation is 1. The number of nitrogens with zero attached hydrogens (tertiary/aromatic N) is 2. The molecule has 3 rings (SSSR count). The predicted octanol–water partition coefficient (Wildman–Crippen LogP) is 4.92. The summed E-state index contributed by atoms with van der Waals surface area (Å²) in [6.45, 7) is 5.83. The summed E-state index contributed by atoms with van der Waals surface area (Å²) in [5, 5.41) is 2.94. The van der Waals surface area contributed by atoms with Crippen LogP contribution in [0.5, 0.6) is 5.75 Å². The van der Waals surface area contributed by atoms with Crippen LogP contribution in [-0.4, -0.2) is 51.4 Å². The quantitative estimate of drug-likeness (QED) is 0.280. The minimum atomic E-state index is -4.09. The zero-order chi connectivity index (χ0) is 29.1. The van der Waals surface area contributed by atoms with E-state index in [-0.39, 0.29) is 17.3 Å². The van der Waals surface area contributed by atoms with Gasteiger partial charge in [0.1, 0.15) is 18.3 Å². The van der Waals surface area contributed by atoms with Gasteiger partial charge >= 0.3 is 0 Å². The summed E-state index contributed by atoms with van der Waals surface area (Å²) in [7, 11) is -2.53. The Morgan fingerprint density at radius 1 is 0.950 bits per heavy atom. The summed E-state index contributed by atoms with van der Waals surface area (Å²) in [6.07, 6.45) is 2.11. The number of hydrogen-bond donors (Lipinski definition) is 1. The van der Waals surface area contributed by atoms with Crippen molar-refractivity contribution in [1.82, 2.24) is 10.2 Å². The van der Waals surface area contributed by atoms with Crippen molar-refractivity contribution in [3.8, 4) is 5.75 Å². The molecule has 0 aliphatic carbocycles. The lowest BCUT2D eigenvalue weighted by Gasteiger charge is -2.33. The van der Waals surface area contributed by atoms with Crippen LogP contribution >= 0.6 is 0 Å². The first-order valence-corrected chi connectivity index (χ1v) is 15.0. The average molecular weight is 566 g/mol. The van der Waals surface area contributed by atoms with Crippen LogP contribution in [0.3, 0.4) is 0 Å². The highest BCUT2D eigenvalue weighted by molar-refractivity contribution is 7.92. The Bertz CT molecular complexity index is 1380. The molecule has 0 heterocycles. The van der Waals surface area contributed by atoms with Crippen molar-refractivity contribution in [1.29, 1.82) is 0 Å². The third-order valence-electron chi connectivity index (χ3n) is 6.70. The lowest BCUT2D eigenvalue weighted by atomic mass is 10.1. The number of ether oxygens (including phenoxy) is 1. The third-order valence-corrected chi connectivity index (χ3v) is 8.47. The largest absolute Gasteiger partial charge is 0.497 e. The maximum Gasteiger partial charge on any atom is 0.264 e. The summed E-state index contributed by atoms with van der Waals surface area (Å²) >= 11 is 0. The van der Waals surface area contributed by atoms with Gasteiger partial charge in [-0.3, -0.25) is 13.9 Å². The second-order valence-corrected chi connectivity index (χ2v) is 11.4. The van der Waals surface area contributed by atoms with Crippen molar-refractivity contribution < 1.29 is 22.7 Å². The van der Waals surface area contributed by atoms with Crippen LogP contribution in [-0.2, 0) is 26.2 Å². The number of unbranched alkanes of at least 4 members (excludes halogenated alkanes) is 1. The molecule has 9 heteroatoms. The number of benzene rings is 3. The normalized spacial score (nSPS) is 11.9. The summed E-state index contributed by atoms with van der Waals surface area (Å²) in [5.41, 5.74) is 1.88. The topological polar surface area (TPSA) is 96.0 Å². The van der Waals surface area contributed by atoms with Crippen molar-refractivity contribution in [3.05, 3.63) is 90.0 Å². The maximum atomic E-state index is 14.1. The first kappa shape index (κ1) is 30.7. The van der Waals surface area contributed by atoms with E-state index >= 15 is 0 Å². The number of para-hydroxylation sites is 1. The van der Waals surface area contributed by atoms with E-state index in [2.05, 4.69) is 5.32 Å². The molecular weight excluding hydrogens is 526 g/mol. The highest BCUT2D eigenvalue weighted by Gasteiger charge is 2.34. The van der Waals surface area contributed by atoms with Crippen LogP contribution in [0.15, 0.2) is 83.8 Å². The number of nitrogens with one attached hydrogen (secondary N) is 1. The molecule has 1 atom stereocenters. The molecule has 0 bridgehead atoms. The molecule has 0 aromatic heterocycles. The molecule has 2 amide bonds. The number of rotatable bonds is 14. The van der Waals surface area contributed by atoms with Crippen LogP contribution in [0.4, 0.5) is 5.69 Å². The van der Waals surface area contributed by atoms with Crippen LogP contribution in [0, 0.1) is 6.92 Å². The van der Waals surface area contributed by atoms with Gasteiger partial charge in [0.15, 0.2) is 0 Å². The minimum absolute atomic E-state index is 0.0785. The fourth-order valence-electron chi connectivity index (χ4n) is 4.47. The van der Waals surface area contributed by atoms with Gasteiger partial charge in [0.05, 0.1) is 17.7 Å². The van der Waals surface area contributed by atoms with Crippen molar-refractivity contribution >= 4 is 27.5 Å². The number of amides is 2. The standard InChI is InChI=1S/C31H39N3O5S/c1-5-7-20-32-31(36)28(6-2)33(22-25-15-13-16-26(21-25)39-4)30(35)23-34(29-19-12-11-14-24(29)3)40(37,38)27-17-9-8-10-18-27/h8-19,21,28H,5-7,20,22-23H2,1-4H3,(H,32,36)/t28-/m0/s1. The first-order chi connectivity index (χ1) is 19.2. The average Bonchev–Trinajstić information content (AvgIpc) is 2.96. The molecule has 0 saturated carbocycles. The number of carbonyl (C=O) groups excluding carboxylic acids is 2. The van der Waals surface area contributed by atoms with E-state index in [1.807, 2.05) is 38.1 Å².